The van der Waals surface area contributed by atoms with Gasteiger partial charge in [0.25, 0.3) is 0 Å². The maximum atomic E-state index is 2.29. The predicted molar refractivity (Wildman–Crippen MR) is 66.5 cm³/mol. The van der Waals surface area contributed by atoms with Crippen molar-refractivity contribution < 1.29 is 0 Å². The number of hydrogen-bond acceptors (Lipinski definition) is 0. The van der Waals surface area contributed by atoms with Gasteiger partial charge in [0.1, 0.15) is 0 Å². The molecule has 0 heteroatoms. The van der Waals surface area contributed by atoms with Gasteiger partial charge in [-0.15, -0.1) is 0 Å². The van der Waals surface area contributed by atoms with Gasteiger partial charge in [-0.2, -0.15) is 0 Å². The van der Waals surface area contributed by atoms with E-state index < -0.39 is 0 Å². The molecule has 1 aliphatic carbocycles. The standard InChI is InChI=1S/C11H18.C3H8/c1-9-7-5-6-8-10(9)11(2,3)4;1-3-2/h6,8H,5,7H2,1-4H3;3H2,1-2H3. The van der Waals surface area contributed by atoms with Crippen molar-refractivity contribution in [3.8, 4) is 0 Å². The van der Waals surface area contributed by atoms with Gasteiger partial charge in [-0.1, -0.05) is 58.8 Å². The lowest BCUT2D eigenvalue weighted by molar-refractivity contribution is 0.506. The molecule has 82 valence electrons. The largest absolute Gasteiger partial charge is 0.0839 e. The number of rotatable bonds is 0. The van der Waals surface area contributed by atoms with Crippen LogP contribution in [-0.4, -0.2) is 0 Å². The van der Waals surface area contributed by atoms with Gasteiger partial charge in [0.15, 0.2) is 0 Å². The zero-order valence-electron chi connectivity index (χ0n) is 10.8. The van der Waals surface area contributed by atoms with Crippen LogP contribution in [0.1, 0.15) is 60.8 Å². The van der Waals surface area contributed by atoms with E-state index in [1.54, 1.807) is 5.57 Å². The third-order valence-electron chi connectivity index (χ3n) is 2.24. The highest BCUT2D eigenvalue weighted by molar-refractivity contribution is 5.32. The quantitative estimate of drug-likeness (QED) is 0.502. The summed E-state index contributed by atoms with van der Waals surface area (Å²) in [4.78, 5) is 0. The second kappa shape index (κ2) is 6.06. The van der Waals surface area contributed by atoms with Crippen molar-refractivity contribution >= 4 is 0 Å². The van der Waals surface area contributed by atoms with Crippen molar-refractivity contribution in [2.45, 2.75) is 60.8 Å². The molecule has 0 radical (unpaired) electrons. The molecule has 0 atom stereocenters. The van der Waals surface area contributed by atoms with Crippen LogP contribution in [0, 0.1) is 5.41 Å². The van der Waals surface area contributed by atoms with Crippen molar-refractivity contribution in [2.75, 3.05) is 0 Å². The molecule has 0 fully saturated rings. The topological polar surface area (TPSA) is 0 Å². The molecule has 0 spiro atoms. The number of hydrogen-bond donors (Lipinski definition) is 0. The summed E-state index contributed by atoms with van der Waals surface area (Å²) in [5, 5.41) is 0. The van der Waals surface area contributed by atoms with Gasteiger partial charge in [-0.25, -0.2) is 0 Å². The summed E-state index contributed by atoms with van der Waals surface area (Å²) in [6.07, 6.45) is 8.31. The summed E-state index contributed by atoms with van der Waals surface area (Å²) < 4.78 is 0. The molecule has 0 aromatic heterocycles. The van der Waals surface area contributed by atoms with Crippen LogP contribution >= 0.6 is 0 Å². The Morgan fingerprint density at radius 2 is 1.71 bits per heavy atom. The van der Waals surface area contributed by atoms with Crippen molar-refractivity contribution in [3.63, 3.8) is 0 Å². The first-order valence-corrected chi connectivity index (χ1v) is 5.80. The molecular formula is C14H26. The Morgan fingerprint density at radius 3 is 2.00 bits per heavy atom. The molecule has 0 N–H and O–H groups in total. The summed E-state index contributed by atoms with van der Waals surface area (Å²) in [5.41, 5.74) is 3.44. The van der Waals surface area contributed by atoms with Crippen molar-refractivity contribution in [1.82, 2.24) is 0 Å². The molecule has 1 aliphatic rings. The normalized spacial score (nSPS) is 16.4. The Kier molecular flexibility index (Phi) is 5.83. The first-order chi connectivity index (χ1) is 6.43. The van der Waals surface area contributed by atoms with E-state index in [9.17, 15) is 0 Å². The van der Waals surface area contributed by atoms with Crippen LogP contribution in [0.15, 0.2) is 23.3 Å². The van der Waals surface area contributed by atoms with Gasteiger partial charge in [0.2, 0.25) is 0 Å². The van der Waals surface area contributed by atoms with Crippen LogP contribution in [-0.2, 0) is 0 Å². The van der Waals surface area contributed by atoms with E-state index in [4.69, 9.17) is 0 Å². The summed E-state index contributed by atoms with van der Waals surface area (Å²) in [5.74, 6) is 0. The Bertz CT molecular complexity index is 211. The molecular weight excluding hydrogens is 168 g/mol. The Hall–Kier alpha value is -0.520. The summed E-state index contributed by atoms with van der Waals surface area (Å²) in [6.45, 7) is 13.3. The van der Waals surface area contributed by atoms with E-state index in [1.165, 1.54) is 24.8 Å². The maximum absolute atomic E-state index is 2.29. The second-order valence-corrected chi connectivity index (χ2v) is 5.09. The number of allylic oxidation sites excluding steroid dienone is 4. The van der Waals surface area contributed by atoms with Crippen molar-refractivity contribution in [1.29, 1.82) is 0 Å². The third-order valence-corrected chi connectivity index (χ3v) is 2.24. The first-order valence-electron chi connectivity index (χ1n) is 5.80. The minimum atomic E-state index is 0.334. The summed E-state index contributed by atoms with van der Waals surface area (Å²) in [7, 11) is 0. The molecule has 0 aromatic rings. The van der Waals surface area contributed by atoms with Crippen LogP contribution in [0.3, 0.4) is 0 Å². The van der Waals surface area contributed by atoms with Crippen LogP contribution in [0.5, 0.6) is 0 Å². The molecule has 0 bridgehead atoms. The SMILES string of the molecule is CC1=C(C(C)(C)C)C=CCC1.CCC. The zero-order chi connectivity index (χ0) is 11.2. The van der Waals surface area contributed by atoms with Gasteiger partial charge in [0.05, 0.1) is 0 Å². The van der Waals surface area contributed by atoms with Crippen LogP contribution < -0.4 is 0 Å². The lowest BCUT2D eigenvalue weighted by Gasteiger charge is -2.25. The van der Waals surface area contributed by atoms with Crippen LogP contribution in [0.25, 0.3) is 0 Å². The van der Waals surface area contributed by atoms with Gasteiger partial charge < -0.3 is 0 Å². The second-order valence-electron chi connectivity index (χ2n) is 5.09. The lowest BCUT2D eigenvalue weighted by atomic mass is 9.80. The highest BCUT2D eigenvalue weighted by Crippen LogP contribution is 2.33. The molecule has 0 amide bonds. The Morgan fingerprint density at radius 1 is 1.21 bits per heavy atom. The van der Waals surface area contributed by atoms with E-state index in [2.05, 4.69) is 53.7 Å². The van der Waals surface area contributed by atoms with E-state index in [1.807, 2.05) is 0 Å². The van der Waals surface area contributed by atoms with Gasteiger partial charge >= 0.3 is 0 Å². The lowest BCUT2D eigenvalue weighted by Crippen LogP contribution is -2.11. The maximum Gasteiger partial charge on any atom is -0.0133 e. The molecule has 0 unspecified atom stereocenters. The van der Waals surface area contributed by atoms with Gasteiger partial charge in [-0.3, -0.25) is 0 Å². The fourth-order valence-corrected chi connectivity index (χ4v) is 1.67. The Labute approximate surface area is 90.1 Å². The highest BCUT2D eigenvalue weighted by Gasteiger charge is 2.18. The molecule has 0 aromatic carbocycles. The van der Waals surface area contributed by atoms with Crippen LogP contribution in [0.2, 0.25) is 0 Å². The highest BCUT2D eigenvalue weighted by atomic mass is 14.2. The summed E-state index contributed by atoms with van der Waals surface area (Å²) in [6, 6.07) is 0. The predicted octanol–water partition coefficient (Wildman–Crippen LogP) is 5.12. The van der Waals surface area contributed by atoms with Crippen molar-refractivity contribution in [2.24, 2.45) is 5.41 Å². The van der Waals surface area contributed by atoms with Crippen LogP contribution in [0.4, 0.5) is 0 Å². The average Bonchev–Trinajstić information content (AvgIpc) is 2.04. The zero-order valence-corrected chi connectivity index (χ0v) is 10.8. The minimum absolute atomic E-state index is 0.334. The molecule has 0 saturated carbocycles. The molecule has 1 rings (SSSR count). The summed E-state index contributed by atoms with van der Waals surface area (Å²) >= 11 is 0. The fraction of sp³-hybridized carbons (Fsp3) is 0.714. The molecule has 0 heterocycles. The molecule has 0 saturated heterocycles. The Balaban J connectivity index is 0.000000500. The van der Waals surface area contributed by atoms with E-state index in [-0.39, 0.29) is 0 Å². The minimum Gasteiger partial charge on any atom is -0.0839 e. The molecule has 0 nitrogen and oxygen atoms in total. The van der Waals surface area contributed by atoms with Gasteiger partial charge in [0, 0.05) is 0 Å². The van der Waals surface area contributed by atoms with E-state index >= 15 is 0 Å². The average molecular weight is 194 g/mol. The molecule has 14 heavy (non-hydrogen) atoms. The molecule has 0 aliphatic heterocycles. The third kappa shape index (κ3) is 4.64. The van der Waals surface area contributed by atoms with Crippen molar-refractivity contribution in [3.05, 3.63) is 23.3 Å². The van der Waals surface area contributed by atoms with E-state index in [0.717, 1.165) is 0 Å². The van der Waals surface area contributed by atoms with E-state index in [0.29, 0.717) is 5.41 Å². The first kappa shape index (κ1) is 13.5. The fourth-order valence-electron chi connectivity index (χ4n) is 1.67. The smallest absolute Gasteiger partial charge is 0.0133 e. The monoisotopic (exact) mass is 194 g/mol. The van der Waals surface area contributed by atoms with Gasteiger partial charge in [-0.05, 0) is 30.8 Å².